The minimum Gasteiger partial charge on any atom is -0.0622 e. The van der Waals surface area contributed by atoms with Crippen LogP contribution in [0.4, 0.5) is 0 Å². The van der Waals surface area contributed by atoms with Crippen molar-refractivity contribution in [1.82, 2.24) is 0 Å². The predicted molar refractivity (Wildman–Crippen MR) is 133 cm³/mol. The molecule has 2 aliphatic rings. The molecule has 0 atom stereocenters. The molecule has 4 aromatic rings. The number of rotatable bonds is 4. The lowest BCUT2D eigenvalue weighted by molar-refractivity contribution is 0.356. The molecule has 0 N–H and O–H groups in total. The quantitative estimate of drug-likeness (QED) is 0.299. The fraction of sp³-hybridized carbons (Fsp3) is 0.188. The summed E-state index contributed by atoms with van der Waals surface area (Å²) in [5.41, 5.74) is 9.01. The van der Waals surface area contributed by atoms with Gasteiger partial charge in [-0.1, -0.05) is 132 Å². The first-order chi connectivity index (χ1) is 15.9. The normalized spacial score (nSPS) is 20.8. The van der Waals surface area contributed by atoms with Crippen molar-refractivity contribution >= 4 is 0 Å². The van der Waals surface area contributed by atoms with Crippen LogP contribution in [0, 0.1) is 0 Å². The van der Waals surface area contributed by atoms with Gasteiger partial charge in [-0.3, -0.25) is 0 Å². The molecule has 0 bridgehead atoms. The van der Waals surface area contributed by atoms with E-state index in [2.05, 4.69) is 121 Å². The van der Waals surface area contributed by atoms with Gasteiger partial charge in [-0.25, -0.2) is 0 Å². The second-order valence-corrected chi connectivity index (χ2v) is 9.23. The van der Waals surface area contributed by atoms with Crippen molar-refractivity contribution in [1.29, 1.82) is 0 Å². The van der Waals surface area contributed by atoms with Crippen molar-refractivity contribution in [2.75, 3.05) is 0 Å². The maximum absolute atomic E-state index is 2.33. The molecule has 6 rings (SSSR count). The van der Waals surface area contributed by atoms with Crippen LogP contribution in [0.15, 0.2) is 132 Å². The van der Waals surface area contributed by atoms with Crippen LogP contribution in [0.1, 0.15) is 47.9 Å². The Hall–Kier alpha value is -3.38. The highest BCUT2D eigenvalue weighted by atomic mass is 14.6. The highest BCUT2D eigenvalue weighted by molar-refractivity contribution is 5.62. The van der Waals surface area contributed by atoms with Gasteiger partial charge in [-0.15, -0.1) is 0 Å². The lowest BCUT2D eigenvalue weighted by Crippen LogP contribution is -2.47. The van der Waals surface area contributed by atoms with Crippen LogP contribution in [0.5, 0.6) is 0 Å². The van der Waals surface area contributed by atoms with Gasteiger partial charge in [-0.05, 0) is 47.9 Å². The predicted octanol–water partition coefficient (Wildman–Crippen LogP) is 7.84. The molecule has 156 valence electrons. The summed E-state index contributed by atoms with van der Waals surface area (Å²) in [6, 6.07) is 44.8. The van der Waals surface area contributed by atoms with E-state index in [0.29, 0.717) is 0 Å². The molecule has 0 amide bonds. The van der Waals surface area contributed by atoms with Crippen LogP contribution in [-0.4, -0.2) is 0 Å². The Morgan fingerprint density at radius 1 is 0.344 bits per heavy atom. The zero-order valence-electron chi connectivity index (χ0n) is 18.4. The monoisotopic (exact) mass is 412 g/mol. The molecule has 2 saturated carbocycles. The lowest BCUT2D eigenvalue weighted by Gasteiger charge is -2.55. The Bertz CT molecular complexity index is 1050. The molecule has 0 heteroatoms. The smallest absolute Gasteiger partial charge is 0.0417 e. The number of benzene rings is 4. The Balaban J connectivity index is 1.61. The van der Waals surface area contributed by atoms with E-state index < -0.39 is 0 Å². The molecule has 0 unspecified atom stereocenters. The number of allylic oxidation sites excluding steroid dienone is 2. The van der Waals surface area contributed by atoms with Crippen LogP contribution < -0.4 is 0 Å². The summed E-state index contributed by atoms with van der Waals surface area (Å²) < 4.78 is 0. The van der Waals surface area contributed by atoms with Crippen LogP contribution >= 0.6 is 0 Å². The van der Waals surface area contributed by atoms with Gasteiger partial charge in [0.25, 0.3) is 0 Å². The van der Waals surface area contributed by atoms with E-state index in [0.717, 1.165) is 0 Å². The summed E-state index contributed by atoms with van der Waals surface area (Å²) >= 11 is 0. The zero-order valence-corrected chi connectivity index (χ0v) is 18.4. The first-order valence-corrected chi connectivity index (χ1v) is 11.8. The number of hydrogen-bond donors (Lipinski definition) is 0. The van der Waals surface area contributed by atoms with Gasteiger partial charge in [0.05, 0.1) is 0 Å². The van der Waals surface area contributed by atoms with E-state index in [1.165, 1.54) is 47.9 Å². The lowest BCUT2D eigenvalue weighted by atomic mass is 9.48. The summed E-state index contributed by atoms with van der Waals surface area (Å²) in [6.45, 7) is 0. The van der Waals surface area contributed by atoms with E-state index in [1.807, 2.05) is 0 Å². The van der Waals surface area contributed by atoms with Gasteiger partial charge in [0.1, 0.15) is 0 Å². The molecular weight excluding hydrogens is 384 g/mol. The topological polar surface area (TPSA) is 0 Å². The molecule has 32 heavy (non-hydrogen) atoms. The van der Waals surface area contributed by atoms with Gasteiger partial charge >= 0.3 is 0 Å². The third kappa shape index (κ3) is 2.69. The van der Waals surface area contributed by atoms with Gasteiger partial charge in [-0.2, -0.15) is 0 Å². The van der Waals surface area contributed by atoms with Gasteiger partial charge in [0, 0.05) is 10.8 Å². The van der Waals surface area contributed by atoms with Gasteiger partial charge < -0.3 is 0 Å². The molecular formula is C32H28. The molecule has 2 fully saturated rings. The average Bonchev–Trinajstić information content (AvgIpc) is 2.84. The highest BCUT2D eigenvalue weighted by Crippen LogP contribution is 2.62. The zero-order chi connectivity index (χ0) is 21.4. The Morgan fingerprint density at radius 2 is 0.594 bits per heavy atom. The first kappa shape index (κ1) is 19.3. The second kappa shape index (κ2) is 7.64. The minimum absolute atomic E-state index is 0.00686. The van der Waals surface area contributed by atoms with Gasteiger partial charge in [0.15, 0.2) is 0 Å². The Morgan fingerprint density at radius 3 is 0.781 bits per heavy atom. The van der Waals surface area contributed by atoms with Crippen molar-refractivity contribution in [3.8, 4) is 0 Å². The molecule has 4 aromatic carbocycles. The fourth-order valence-corrected chi connectivity index (χ4v) is 6.32. The van der Waals surface area contributed by atoms with E-state index in [-0.39, 0.29) is 10.8 Å². The fourth-order valence-electron chi connectivity index (χ4n) is 6.32. The third-order valence-electron chi connectivity index (χ3n) is 7.96. The van der Waals surface area contributed by atoms with Crippen LogP contribution in [0.25, 0.3) is 0 Å². The maximum atomic E-state index is 2.33. The molecule has 2 aliphatic carbocycles. The largest absolute Gasteiger partial charge is 0.0622 e. The van der Waals surface area contributed by atoms with Crippen molar-refractivity contribution in [2.45, 2.75) is 36.5 Å². The average molecular weight is 413 g/mol. The molecule has 0 heterocycles. The summed E-state index contributed by atoms with van der Waals surface area (Å²) in [6.07, 6.45) is 4.72. The first-order valence-electron chi connectivity index (χ1n) is 11.8. The third-order valence-corrected chi connectivity index (χ3v) is 7.96. The molecule has 0 aromatic heterocycles. The SMILES string of the molecule is c1ccc(C2(c3ccccc3)CC/C2=C2/CCC2(c2ccccc2)c2ccccc2)cc1. The van der Waals surface area contributed by atoms with Crippen LogP contribution in [0.2, 0.25) is 0 Å². The second-order valence-electron chi connectivity index (χ2n) is 9.23. The molecule has 0 spiro atoms. The minimum atomic E-state index is -0.00686. The summed E-state index contributed by atoms with van der Waals surface area (Å²) in [4.78, 5) is 0. The summed E-state index contributed by atoms with van der Waals surface area (Å²) in [7, 11) is 0. The van der Waals surface area contributed by atoms with E-state index in [1.54, 1.807) is 11.1 Å². The Labute approximate surface area is 191 Å². The molecule has 0 radical (unpaired) electrons. The van der Waals surface area contributed by atoms with Crippen molar-refractivity contribution < 1.29 is 0 Å². The number of hydrogen-bond acceptors (Lipinski definition) is 0. The summed E-state index contributed by atoms with van der Waals surface area (Å²) in [5, 5.41) is 0. The maximum Gasteiger partial charge on any atom is 0.0417 e. The highest BCUT2D eigenvalue weighted by Gasteiger charge is 2.53. The standard InChI is InChI=1S/C32H28/c1-5-13-25(14-6-1)31(26-15-7-2-8-16-26)23-21-29(31)30-22-24-32(30,27-17-9-3-10-18-27)28-19-11-4-12-20-28/h1-20H,21-24H2/b30-29+. The van der Waals surface area contributed by atoms with E-state index in [9.17, 15) is 0 Å². The van der Waals surface area contributed by atoms with Crippen molar-refractivity contribution in [3.63, 3.8) is 0 Å². The van der Waals surface area contributed by atoms with Gasteiger partial charge in [0.2, 0.25) is 0 Å². The van der Waals surface area contributed by atoms with E-state index in [4.69, 9.17) is 0 Å². The van der Waals surface area contributed by atoms with Crippen molar-refractivity contribution in [3.05, 3.63) is 155 Å². The summed E-state index contributed by atoms with van der Waals surface area (Å²) in [5.74, 6) is 0. The van der Waals surface area contributed by atoms with Crippen molar-refractivity contribution in [2.24, 2.45) is 0 Å². The van der Waals surface area contributed by atoms with Crippen LogP contribution in [0.3, 0.4) is 0 Å². The molecule has 0 nitrogen and oxygen atoms in total. The molecule has 0 aliphatic heterocycles. The van der Waals surface area contributed by atoms with E-state index >= 15 is 0 Å². The van der Waals surface area contributed by atoms with Crippen LogP contribution in [-0.2, 0) is 10.8 Å². The Kier molecular flexibility index (Phi) is 4.61. The molecule has 0 saturated heterocycles.